The van der Waals surface area contributed by atoms with Crippen molar-refractivity contribution in [3.63, 3.8) is 0 Å². The summed E-state index contributed by atoms with van der Waals surface area (Å²) in [4.78, 5) is 12.1. The van der Waals surface area contributed by atoms with Gasteiger partial charge in [0.1, 0.15) is 5.75 Å². The molecule has 0 bridgehead atoms. The highest BCUT2D eigenvalue weighted by atomic mass is 16.5. The van der Waals surface area contributed by atoms with Crippen LogP contribution in [0.4, 0.5) is 0 Å². The highest BCUT2D eigenvalue weighted by molar-refractivity contribution is 5.76. The molecule has 2 aromatic rings. The second kappa shape index (κ2) is 7.29. The average molecular weight is 311 g/mol. The molecule has 0 saturated heterocycles. The van der Waals surface area contributed by atoms with Crippen LogP contribution in [0.3, 0.4) is 0 Å². The van der Waals surface area contributed by atoms with Gasteiger partial charge in [0.15, 0.2) is 0 Å². The fourth-order valence-electron chi connectivity index (χ4n) is 2.93. The smallest absolute Gasteiger partial charge is 0.220 e. The van der Waals surface area contributed by atoms with Crippen LogP contribution >= 0.6 is 0 Å². The molecule has 0 aromatic heterocycles. The summed E-state index contributed by atoms with van der Waals surface area (Å²) in [5.41, 5.74) is 2.13. The fraction of sp³-hybridized carbons (Fsp3) is 0.316. The molecule has 0 aliphatic heterocycles. The molecule has 23 heavy (non-hydrogen) atoms. The number of para-hydroxylation sites is 1. The van der Waals surface area contributed by atoms with Crippen molar-refractivity contribution in [1.82, 2.24) is 5.32 Å². The second-order valence-corrected chi connectivity index (χ2v) is 5.78. The number of rotatable bonds is 6. The van der Waals surface area contributed by atoms with Gasteiger partial charge in [0.05, 0.1) is 18.8 Å². The Morgan fingerprint density at radius 2 is 1.87 bits per heavy atom. The van der Waals surface area contributed by atoms with Gasteiger partial charge in [-0.3, -0.25) is 4.79 Å². The van der Waals surface area contributed by atoms with Crippen LogP contribution < -0.4 is 10.1 Å². The standard InChI is InChI=1S/C19H21NO3/c21-17-13-14-7-4-5-10-16(14)19(17)20-18(22)11-6-12-23-15-8-2-1-3-9-15/h1-5,7-10,17,19,21H,6,11-13H2,(H,20,22). The minimum atomic E-state index is -0.545. The molecule has 2 aromatic carbocycles. The maximum atomic E-state index is 12.1. The Morgan fingerprint density at radius 1 is 1.13 bits per heavy atom. The van der Waals surface area contributed by atoms with Crippen molar-refractivity contribution >= 4 is 5.91 Å². The fourth-order valence-corrected chi connectivity index (χ4v) is 2.93. The van der Waals surface area contributed by atoms with Crippen molar-refractivity contribution in [2.45, 2.75) is 31.4 Å². The van der Waals surface area contributed by atoms with Gasteiger partial charge in [-0.2, -0.15) is 0 Å². The normalized spacial score (nSPS) is 19.2. The summed E-state index contributed by atoms with van der Waals surface area (Å²) < 4.78 is 5.57. The maximum absolute atomic E-state index is 12.1. The van der Waals surface area contributed by atoms with Crippen molar-refractivity contribution < 1.29 is 14.6 Å². The monoisotopic (exact) mass is 311 g/mol. The number of carbonyl (C=O) groups excluding carboxylic acids is 1. The van der Waals surface area contributed by atoms with E-state index in [9.17, 15) is 9.90 Å². The van der Waals surface area contributed by atoms with Crippen molar-refractivity contribution in [2.24, 2.45) is 0 Å². The zero-order valence-corrected chi connectivity index (χ0v) is 12.9. The van der Waals surface area contributed by atoms with Gasteiger partial charge < -0.3 is 15.2 Å². The summed E-state index contributed by atoms with van der Waals surface area (Å²) in [6.07, 6.45) is 1.08. The number of benzene rings is 2. The molecule has 4 nitrogen and oxygen atoms in total. The summed E-state index contributed by atoms with van der Waals surface area (Å²) in [7, 11) is 0. The second-order valence-electron chi connectivity index (χ2n) is 5.78. The molecule has 0 fully saturated rings. The number of hydrogen-bond donors (Lipinski definition) is 2. The summed E-state index contributed by atoms with van der Waals surface area (Å²) >= 11 is 0. The highest BCUT2D eigenvalue weighted by Gasteiger charge is 2.31. The van der Waals surface area contributed by atoms with Crippen LogP contribution in [0.5, 0.6) is 5.75 Å². The number of fused-ring (bicyclic) bond motifs is 1. The van der Waals surface area contributed by atoms with Crippen LogP contribution in [0, 0.1) is 0 Å². The summed E-state index contributed by atoms with van der Waals surface area (Å²) in [5.74, 6) is 0.760. The van der Waals surface area contributed by atoms with Crippen molar-refractivity contribution in [1.29, 1.82) is 0 Å². The molecular formula is C19H21NO3. The predicted octanol–water partition coefficient (Wildman–Crippen LogP) is 2.62. The molecular weight excluding hydrogens is 290 g/mol. The topological polar surface area (TPSA) is 58.6 Å². The number of amides is 1. The Kier molecular flexibility index (Phi) is 4.93. The zero-order valence-electron chi connectivity index (χ0n) is 12.9. The first-order valence-corrected chi connectivity index (χ1v) is 7.97. The summed E-state index contributed by atoms with van der Waals surface area (Å²) in [5, 5.41) is 13.1. The van der Waals surface area contributed by atoms with Gasteiger partial charge in [-0.25, -0.2) is 0 Å². The maximum Gasteiger partial charge on any atom is 0.220 e. The van der Waals surface area contributed by atoms with Gasteiger partial charge in [-0.15, -0.1) is 0 Å². The third kappa shape index (κ3) is 3.90. The number of aliphatic hydroxyl groups excluding tert-OH is 1. The van der Waals surface area contributed by atoms with Crippen LogP contribution in [0.25, 0.3) is 0 Å². The molecule has 2 atom stereocenters. The van der Waals surface area contributed by atoms with E-state index >= 15 is 0 Å². The summed E-state index contributed by atoms with van der Waals surface area (Å²) in [6.45, 7) is 0.501. The minimum absolute atomic E-state index is 0.0533. The van der Waals surface area contributed by atoms with E-state index in [-0.39, 0.29) is 11.9 Å². The van der Waals surface area contributed by atoms with Gasteiger partial charge in [-0.05, 0) is 29.7 Å². The van der Waals surface area contributed by atoms with E-state index in [2.05, 4.69) is 5.32 Å². The first-order valence-electron chi connectivity index (χ1n) is 7.97. The average Bonchev–Trinajstić information content (AvgIpc) is 2.88. The molecule has 2 N–H and O–H groups in total. The van der Waals surface area contributed by atoms with Gasteiger partial charge >= 0.3 is 0 Å². The lowest BCUT2D eigenvalue weighted by molar-refractivity contribution is -0.122. The van der Waals surface area contributed by atoms with E-state index in [1.165, 1.54) is 0 Å². The van der Waals surface area contributed by atoms with E-state index in [0.29, 0.717) is 25.9 Å². The third-order valence-corrected chi connectivity index (χ3v) is 4.08. The Hall–Kier alpha value is -2.33. The molecule has 1 amide bonds. The molecule has 2 unspecified atom stereocenters. The summed E-state index contributed by atoms with van der Waals surface area (Å²) in [6, 6.07) is 17.1. The predicted molar refractivity (Wildman–Crippen MR) is 88.2 cm³/mol. The molecule has 1 aliphatic rings. The van der Waals surface area contributed by atoms with Gasteiger partial charge in [0.2, 0.25) is 5.91 Å². The number of ether oxygens (including phenoxy) is 1. The number of aliphatic hydroxyl groups is 1. The third-order valence-electron chi connectivity index (χ3n) is 4.08. The zero-order chi connectivity index (χ0) is 16.1. The van der Waals surface area contributed by atoms with Crippen LogP contribution in [-0.4, -0.2) is 23.7 Å². The van der Waals surface area contributed by atoms with Gasteiger partial charge in [0, 0.05) is 12.8 Å². The molecule has 0 radical (unpaired) electrons. The van der Waals surface area contributed by atoms with E-state index in [4.69, 9.17) is 4.74 Å². The van der Waals surface area contributed by atoms with Crippen LogP contribution in [-0.2, 0) is 11.2 Å². The van der Waals surface area contributed by atoms with E-state index < -0.39 is 6.10 Å². The largest absolute Gasteiger partial charge is 0.494 e. The molecule has 0 heterocycles. The van der Waals surface area contributed by atoms with E-state index in [1.54, 1.807) is 0 Å². The lowest BCUT2D eigenvalue weighted by atomic mass is 10.1. The van der Waals surface area contributed by atoms with Crippen LogP contribution in [0.1, 0.15) is 30.0 Å². The minimum Gasteiger partial charge on any atom is -0.494 e. The highest BCUT2D eigenvalue weighted by Crippen LogP contribution is 2.31. The first kappa shape index (κ1) is 15.6. The molecule has 120 valence electrons. The lowest BCUT2D eigenvalue weighted by Gasteiger charge is -2.18. The molecule has 1 aliphatic carbocycles. The Bertz CT molecular complexity index is 657. The molecule has 4 heteroatoms. The number of hydrogen-bond acceptors (Lipinski definition) is 3. The van der Waals surface area contributed by atoms with E-state index in [1.807, 2.05) is 54.6 Å². The van der Waals surface area contributed by atoms with Gasteiger partial charge in [-0.1, -0.05) is 42.5 Å². The van der Waals surface area contributed by atoms with Crippen LogP contribution in [0.15, 0.2) is 54.6 Å². The number of nitrogens with one attached hydrogen (secondary N) is 1. The van der Waals surface area contributed by atoms with Crippen molar-refractivity contribution in [3.8, 4) is 5.75 Å². The first-order chi connectivity index (χ1) is 11.2. The molecule has 0 spiro atoms. The van der Waals surface area contributed by atoms with Gasteiger partial charge in [0.25, 0.3) is 0 Å². The molecule has 0 saturated carbocycles. The quantitative estimate of drug-likeness (QED) is 0.806. The van der Waals surface area contributed by atoms with E-state index in [0.717, 1.165) is 16.9 Å². The Balaban J connectivity index is 1.45. The lowest BCUT2D eigenvalue weighted by Crippen LogP contribution is -2.33. The Labute approximate surface area is 136 Å². The van der Waals surface area contributed by atoms with Crippen LogP contribution in [0.2, 0.25) is 0 Å². The SMILES string of the molecule is O=C(CCCOc1ccccc1)NC1c2ccccc2CC1O. The van der Waals surface area contributed by atoms with Crippen molar-refractivity contribution in [3.05, 3.63) is 65.7 Å². The Morgan fingerprint density at radius 3 is 2.70 bits per heavy atom. The number of carbonyl (C=O) groups is 1. The molecule has 3 rings (SSSR count). The van der Waals surface area contributed by atoms with Crippen molar-refractivity contribution in [2.75, 3.05) is 6.61 Å².